The first kappa shape index (κ1) is 11.4. The summed E-state index contributed by atoms with van der Waals surface area (Å²) in [4.78, 5) is 0. The third-order valence-corrected chi connectivity index (χ3v) is 4.07. The third-order valence-electron chi connectivity index (χ3n) is 2.87. The second kappa shape index (κ2) is 4.04. The van der Waals surface area contributed by atoms with Crippen LogP contribution in [-0.2, 0) is 6.42 Å². The lowest BCUT2D eigenvalue weighted by molar-refractivity contribution is 0.570. The molecule has 15 heavy (non-hydrogen) atoms. The topological polar surface area (TPSA) is 26.0 Å². The Balaban J connectivity index is 2.10. The second-order valence-corrected chi connectivity index (χ2v) is 5.48. The molecular weight excluding hydrogens is 280 g/mol. The highest BCUT2D eigenvalue weighted by Crippen LogP contribution is 2.37. The van der Waals surface area contributed by atoms with Crippen molar-refractivity contribution in [2.45, 2.75) is 31.2 Å². The average molecular weight is 293 g/mol. The molecular formula is C11H12BrClFN. The van der Waals surface area contributed by atoms with Crippen molar-refractivity contribution in [3.05, 3.63) is 33.0 Å². The maximum Gasteiger partial charge on any atom is 0.127 e. The molecule has 1 aliphatic carbocycles. The third kappa shape index (κ3) is 2.71. The SMILES string of the molecule is NC1(CCc2cc(Cl)c(Br)cc2F)CC1. The summed E-state index contributed by atoms with van der Waals surface area (Å²) in [5, 5.41) is 0.549. The predicted octanol–water partition coefficient (Wildman–Crippen LogP) is 3.67. The van der Waals surface area contributed by atoms with E-state index in [1.54, 1.807) is 6.07 Å². The van der Waals surface area contributed by atoms with Crippen LogP contribution in [0.1, 0.15) is 24.8 Å². The first-order valence-electron chi connectivity index (χ1n) is 4.92. The molecule has 1 aliphatic rings. The summed E-state index contributed by atoms with van der Waals surface area (Å²) < 4.78 is 14.1. The van der Waals surface area contributed by atoms with E-state index < -0.39 is 0 Å². The fourth-order valence-corrected chi connectivity index (χ4v) is 2.05. The molecule has 2 N–H and O–H groups in total. The van der Waals surface area contributed by atoms with Gasteiger partial charge in [0.1, 0.15) is 5.82 Å². The van der Waals surface area contributed by atoms with Crippen LogP contribution in [0.3, 0.4) is 0 Å². The molecule has 0 bridgehead atoms. The average Bonchev–Trinajstić information content (AvgIpc) is 2.89. The largest absolute Gasteiger partial charge is 0.325 e. The van der Waals surface area contributed by atoms with Crippen molar-refractivity contribution < 1.29 is 4.39 Å². The lowest BCUT2D eigenvalue weighted by Gasteiger charge is -2.09. The van der Waals surface area contributed by atoms with Gasteiger partial charge in [-0.1, -0.05) is 11.6 Å². The molecule has 0 radical (unpaired) electrons. The van der Waals surface area contributed by atoms with Gasteiger partial charge in [0, 0.05) is 10.0 Å². The highest BCUT2D eigenvalue weighted by molar-refractivity contribution is 9.10. The lowest BCUT2D eigenvalue weighted by atomic mass is 10.0. The Morgan fingerprint density at radius 1 is 1.47 bits per heavy atom. The highest BCUT2D eigenvalue weighted by Gasteiger charge is 2.37. The Bertz CT molecular complexity index is 390. The summed E-state index contributed by atoms with van der Waals surface area (Å²) in [5.41, 5.74) is 6.56. The molecule has 0 saturated heterocycles. The van der Waals surface area contributed by atoms with E-state index in [-0.39, 0.29) is 11.4 Å². The van der Waals surface area contributed by atoms with Crippen LogP contribution in [0.4, 0.5) is 4.39 Å². The number of hydrogen-bond donors (Lipinski definition) is 1. The molecule has 0 atom stereocenters. The van der Waals surface area contributed by atoms with Crippen molar-refractivity contribution in [2.75, 3.05) is 0 Å². The molecule has 0 amide bonds. The summed E-state index contributed by atoms with van der Waals surface area (Å²) in [6, 6.07) is 3.08. The molecule has 2 rings (SSSR count). The predicted molar refractivity (Wildman–Crippen MR) is 63.6 cm³/mol. The minimum Gasteiger partial charge on any atom is -0.325 e. The van der Waals surface area contributed by atoms with Crippen LogP contribution in [0.2, 0.25) is 5.02 Å². The van der Waals surface area contributed by atoms with Crippen LogP contribution in [-0.4, -0.2) is 5.54 Å². The van der Waals surface area contributed by atoms with Crippen LogP contribution >= 0.6 is 27.5 Å². The van der Waals surface area contributed by atoms with Crippen molar-refractivity contribution in [2.24, 2.45) is 5.73 Å². The van der Waals surface area contributed by atoms with Crippen LogP contribution in [0.25, 0.3) is 0 Å². The van der Waals surface area contributed by atoms with E-state index >= 15 is 0 Å². The monoisotopic (exact) mass is 291 g/mol. The fourth-order valence-electron chi connectivity index (χ4n) is 1.55. The summed E-state index contributed by atoms with van der Waals surface area (Å²) >= 11 is 9.09. The van der Waals surface area contributed by atoms with Crippen molar-refractivity contribution in [3.8, 4) is 0 Å². The number of rotatable bonds is 3. The Hall–Kier alpha value is -0.120. The zero-order valence-corrected chi connectivity index (χ0v) is 10.5. The first-order chi connectivity index (χ1) is 7.00. The van der Waals surface area contributed by atoms with Gasteiger partial charge in [-0.05, 0) is 59.3 Å². The molecule has 1 fully saturated rings. The van der Waals surface area contributed by atoms with E-state index in [9.17, 15) is 4.39 Å². The van der Waals surface area contributed by atoms with Gasteiger partial charge in [0.15, 0.2) is 0 Å². The molecule has 1 aromatic carbocycles. The molecule has 0 aliphatic heterocycles. The van der Waals surface area contributed by atoms with E-state index in [1.807, 2.05) is 0 Å². The molecule has 4 heteroatoms. The van der Waals surface area contributed by atoms with Crippen LogP contribution in [0, 0.1) is 5.82 Å². The van der Waals surface area contributed by atoms with Gasteiger partial charge in [0.2, 0.25) is 0 Å². The van der Waals surface area contributed by atoms with E-state index in [0.717, 1.165) is 19.3 Å². The van der Waals surface area contributed by atoms with E-state index in [4.69, 9.17) is 17.3 Å². The highest BCUT2D eigenvalue weighted by atomic mass is 79.9. The molecule has 1 saturated carbocycles. The first-order valence-corrected chi connectivity index (χ1v) is 6.10. The second-order valence-electron chi connectivity index (χ2n) is 4.22. The summed E-state index contributed by atoms with van der Waals surface area (Å²) in [6.07, 6.45) is 3.61. The maximum atomic E-state index is 13.5. The number of hydrogen-bond acceptors (Lipinski definition) is 1. The molecule has 1 aromatic rings. The molecule has 82 valence electrons. The van der Waals surface area contributed by atoms with Crippen molar-refractivity contribution >= 4 is 27.5 Å². The molecule has 0 heterocycles. The van der Waals surface area contributed by atoms with Gasteiger partial charge in [-0.25, -0.2) is 4.39 Å². The van der Waals surface area contributed by atoms with Gasteiger partial charge in [-0.15, -0.1) is 0 Å². The van der Waals surface area contributed by atoms with Gasteiger partial charge in [-0.2, -0.15) is 0 Å². The zero-order chi connectivity index (χ0) is 11.1. The number of benzene rings is 1. The Kier molecular flexibility index (Phi) is 3.06. The van der Waals surface area contributed by atoms with Crippen LogP contribution in [0.15, 0.2) is 16.6 Å². The lowest BCUT2D eigenvalue weighted by Crippen LogP contribution is -2.22. The summed E-state index contributed by atoms with van der Waals surface area (Å²) in [5.74, 6) is -0.212. The van der Waals surface area contributed by atoms with Crippen LogP contribution in [0.5, 0.6) is 0 Å². The Morgan fingerprint density at radius 2 is 2.13 bits per heavy atom. The smallest absolute Gasteiger partial charge is 0.127 e. The maximum absolute atomic E-state index is 13.5. The van der Waals surface area contributed by atoms with Gasteiger partial charge >= 0.3 is 0 Å². The van der Waals surface area contributed by atoms with Gasteiger partial charge in [0.25, 0.3) is 0 Å². The van der Waals surface area contributed by atoms with Crippen LogP contribution < -0.4 is 5.73 Å². The summed E-state index contributed by atoms with van der Waals surface area (Å²) in [7, 11) is 0. The van der Waals surface area contributed by atoms with Crippen molar-refractivity contribution in [3.63, 3.8) is 0 Å². The summed E-state index contributed by atoms with van der Waals surface area (Å²) in [6.45, 7) is 0. The van der Waals surface area contributed by atoms with Gasteiger partial charge in [0.05, 0.1) is 5.02 Å². The van der Waals surface area contributed by atoms with Gasteiger partial charge in [-0.3, -0.25) is 0 Å². The molecule has 0 unspecified atom stereocenters. The Labute approximate surface area is 102 Å². The standard InChI is InChI=1S/C11H12BrClFN/c12-8-6-10(14)7(5-9(8)13)1-2-11(15)3-4-11/h5-6H,1-4,15H2. The fraction of sp³-hybridized carbons (Fsp3) is 0.455. The number of nitrogens with two attached hydrogens (primary N) is 1. The molecule has 0 aromatic heterocycles. The zero-order valence-electron chi connectivity index (χ0n) is 8.19. The Morgan fingerprint density at radius 3 is 2.73 bits per heavy atom. The minimum absolute atomic E-state index is 0.0357. The van der Waals surface area contributed by atoms with Gasteiger partial charge < -0.3 is 5.73 Å². The van der Waals surface area contributed by atoms with Crippen molar-refractivity contribution in [1.29, 1.82) is 0 Å². The number of aryl methyl sites for hydroxylation is 1. The van der Waals surface area contributed by atoms with Crippen molar-refractivity contribution in [1.82, 2.24) is 0 Å². The van der Waals surface area contributed by atoms with E-state index in [2.05, 4.69) is 15.9 Å². The number of halogens is 3. The molecule has 1 nitrogen and oxygen atoms in total. The van der Waals surface area contributed by atoms with E-state index in [0.29, 0.717) is 21.5 Å². The minimum atomic E-state index is -0.212. The quantitative estimate of drug-likeness (QED) is 0.845. The molecule has 0 spiro atoms. The normalized spacial score (nSPS) is 17.9. The van der Waals surface area contributed by atoms with E-state index in [1.165, 1.54) is 6.07 Å².